The van der Waals surface area contributed by atoms with E-state index in [0.29, 0.717) is 11.1 Å². The molecule has 0 saturated carbocycles. The Balaban J connectivity index is 2.33. The molecule has 5 heteroatoms. The molecular formula is C2H6N2O2S. The Labute approximate surface area is 45.3 Å². The lowest BCUT2D eigenvalue weighted by atomic mass is 10.8. The highest BCUT2D eigenvalue weighted by Gasteiger charge is 2.17. The quantitative estimate of drug-likeness (QED) is 0.441. The molecule has 0 aromatic carbocycles. The summed E-state index contributed by atoms with van der Waals surface area (Å²) in [6.45, 7) is 0.501. The molecule has 0 aromatic rings. The minimum absolute atomic E-state index is 0.501. The third-order valence-corrected chi connectivity index (χ3v) is 1.48. The Morgan fingerprint density at radius 2 is 2.14 bits per heavy atom. The van der Waals surface area contributed by atoms with E-state index < -0.39 is 0 Å². The Bertz CT molecular complexity index is 62.7. The van der Waals surface area contributed by atoms with Gasteiger partial charge in [-0.2, -0.15) is 0 Å². The molecule has 1 aliphatic heterocycles. The second-order valence-electron chi connectivity index (χ2n) is 1.18. The Kier molecular flexibility index (Phi) is 1.50. The monoisotopic (exact) mass is 122 g/mol. The van der Waals surface area contributed by atoms with Crippen molar-refractivity contribution in [3.63, 3.8) is 0 Å². The van der Waals surface area contributed by atoms with Crippen LogP contribution >= 0.6 is 11.9 Å². The van der Waals surface area contributed by atoms with Crippen LogP contribution in [0.1, 0.15) is 0 Å². The summed E-state index contributed by atoms with van der Waals surface area (Å²) < 4.78 is 0.708. The molecule has 1 aliphatic rings. The molecule has 1 rings (SSSR count). The van der Waals surface area contributed by atoms with Crippen LogP contribution in [0.3, 0.4) is 0 Å². The van der Waals surface area contributed by atoms with Gasteiger partial charge < -0.3 is 0 Å². The van der Waals surface area contributed by atoms with Crippen LogP contribution in [-0.2, 0) is 0 Å². The zero-order valence-corrected chi connectivity index (χ0v) is 4.43. The summed E-state index contributed by atoms with van der Waals surface area (Å²) in [6.07, 6.45) is 0. The van der Waals surface area contributed by atoms with Crippen molar-refractivity contribution < 1.29 is 10.4 Å². The first kappa shape index (κ1) is 5.33. The molecule has 0 aromatic heterocycles. The number of hydrogen-bond donors (Lipinski definition) is 2. The van der Waals surface area contributed by atoms with Gasteiger partial charge in [-0.05, 0) is 16.5 Å². The fraction of sp³-hybridized carbons (Fsp3) is 1.00. The van der Waals surface area contributed by atoms with Crippen molar-refractivity contribution in [2.75, 3.05) is 12.3 Å². The minimum Gasteiger partial charge on any atom is -0.296 e. The maximum atomic E-state index is 8.49. The van der Waals surface area contributed by atoms with E-state index in [1.807, 2.05) is 0 Å². The van der Waals surface area contributed by atoms with Gasteiger partial charge in [0.25, 0.3) is 0 Å². The summed E-state index contributed by atoms with van der Waals surface area (Å²) in [5.41, 5.74) is 0. The Hall–Kier alpha value is 0.190. The van der Waals surface area contributed by atoms with E-state index in [9.17, 15) is 0 Å². The lowest BCUT2D eigenvalue weighted by molar-refractivity contribution is -0.295. The van der Waals surface area contributed by atoms with Gasteiger partial charge >= 0.3 is 0 Å². The van der Waals surface area contributed by atoms with Crippen molar-refractivity contribution in [2.24, 2.45) is 0 Å². The summed E-state index contributed by atoms with van der Waals surface area (Å²) in [6, 6.07) is 0. The van der Waals surface area contributed by atoms with E-state index in [0.717, 1.165) is 10.9 Å². The number of nitrogens with zero attached hydrogens (tertiary/aromatic N) is 2. The first-order valence-corrected chi connectivity index (χ1v) is 2.83. The first-order valence-electron chi connectivity index (χ1n) is 1.89. The summed E-state index contributed by atoms with van der Waals surface area (Å²) in [7, 11) is 0. The summed E-state index contributed by atoms with van der Waals surface area (Å²) in [4.78, 5) is 0. The van der Waals surface area contributed by atoms with Crippen LogP contribution in [-0.4, -0.2) is 32.5 Å². The van der Waals surface area contributed by atoms with Crippen molar-refractivity contribution >= 4 is 11.9 Å². The molecule has 0 unspecified atom stereocenters. The molecule has 1 fully saturated rings. The lowest BCUT2D eigenvalue weighted by Crippen LogP contribution is -2.26. The van der Waals surface area contributed by atoms with E-state index in [1.165, 1.54) is 11.9 Å². The lowest BCUT2D eigenvalue weighted by Gasteiger charge is -2.09. The van der Waals surface area contributed by atoms with Gasteiger partial charge in [0.05, 0.1) is 6.54 Å². The molecule has 0 atom stereocenters. The molecule has 1 heterocycles. The van der Waals surface area contributed by atoms with Gasteiger partial charge in [-0.1, -0.05) is 5.17 Å². The SMILES string of the molecule is ON1CCSN1O. The largest absolute Gasteiger partial charge is 0.296 e. The normalized spacial score (nSPS) is 26.6. The molecule has 0 amide bonds. The Morgan fingerprint density at radius 1 is 1.43 bits per heavy atom. The number of hydrogen-bond acceptors (Lipinski definition) is 5. The third-order valence-electron chi connectivity index (χ3n) is 0.696. The van der Waals surface area contributed by atoms with Crippen LogP contribution < -0.4 is 0 Å². The predicted octanol–water partition coefficient (Wildman–Crippen LogP) is -0.0544. The highest BCUT2D eigenvalue weighted by Crippen LogP contribution is 2.14. The third kappa shape index (κ3) is 1.05. The van der Waals surface area contributed by atoms with Crippen LogP contribution in [0.4, 0.5) is 0 Å². The van der Waals surface area contributed by atoms with Crippen LogP contribution in [0.2, 0.25) is 0 Å². The first-order chi connectivity index (χ1) is 3.30. The van der Waals surface area contributed by atoms with Gasteiger partial charge in [0, 0.05) is 5.75 Å². The van der Waals surface area contributed by atoms with Gasteiger partial charge in [-0.3, -0.25) is 10.4 Å². The standard InChI is InChI=1S/C2H6N2O2S/c5-3-1-2-7-4(3)6/h5-6H,1-2H2. The number of rotatable bonds is 0. The average molecular weight is 122 g/mol. The van der Waals surface area contributed by atoms with Crippen molar-refractivity contribution in [2.45, 2.75) is 0 Å². The zero-order valence-electron chi connectivity index (χ0n) is 3.61. The summed E-state index contributed by atoms with van der Waals surface area (Å²) >= 11 is 1.17. The van der Waals surface area contributed by atoms with Gasteiger partial charge in [0.15, 0.2) is 0 Å². The average Bonchev–Trinajstić information content (AvgIpc) is 1.91. The van der Waals surface area contributed by atoms with Gasteiger partial charge in [-0.25, -0.2) is 0 Å². The molecule has 2 N–H and O–H groups in total. The van der Waals surface area contributed by atoms with Gasteiger partial charge in [-0.15, -0.1) is 0 Å². The minimum atomic E-state index is 0.501. The Morgan fingerprint density at radius 3 is 2.29 bits per heavy atom. The summed E-state index contributed by atoms with van der Waals surface area (Å²) in [5, 5.41) is 17.7. The second-order valence-corrected chi connectivity index (χ2v) is 2.17. The van der Waals surface area contributed by atoms with Crippen LogP contribution in [0.5, 0.6) is 0 Å². The molecule has 0 aliphatic carbocycles. The highest BCUT2D eigenvalue weighted by atomic mass is 32.2. The number of hydroxylamine groups is 1. The molecule has 4 nitrogen and oxygen atoms in total. The van der Waals surface area contributed by atoms with Gasteiger partial charge in [0.2, 0.25) is 0 Å². The molecule has 0 radical (unpaired) electrons. The van der Waals surface area contributed by atoms with E-state index in [-0.39, 0.29) is 0 Å². The van der Waals surface area contributed by atoms with Crippen LogP contribution in [0.25, 0.3) is 0 Å². The molecular weight excluding hydrogens is 116 g/mol. The van der Waals surface area contributed by atoms with Crippen molar-refractivity contribution in [1.29, 1.82) is 0 Å². The number of hydrazine groups is 1. The molecule has 0 bridgehead atoms. The maximum absolute atomic E-state index is 8.49. The van der Waals surface area contributed by atoms with E-state index in [4.69, 9.17) is 10.4 Å². The van der Waals surface area contributed by atoms with Crippen LogP contribution in [0, 0.1) is 0 Å². The topological polar surface area (TPSA) is 46.9 Å². The molecule has 7 heavy (non-hydrogen) atoms. The van der Waals surface area contributed by atoms with E-state index in [1.54, 1.807) is 0 Å². The molecule has 0 spiro atoms. The predicted molar refractivity (Wildman–Crippen MR) is 24.6 cm³/mol. The smallest absolute Gasteiger partial charge is 0.0538 e. The van der Waals surface area contributed by atoms with Crippen molar-refractivity contribution in [3.8, 4) is 0 Å². The van der Waals surface area contributed by atoms with Crippen LogP contribution in [0.15, 0.2) is 0 Å². The highest BCUT2D eigenvalue weighted by molar-refractivity contribution is 7.97. The fourth-order valence-corrected chi connectivity index (χ4v) is 0.980. The van der Waals surface area contributed by atoms with E-state index >= 15 is 0 Å². The van der Waals surface area contributed by atoms with Crippen molar-refractivity contribution in [1.82, 2.24) is 9.75 Å². The van der Waals surface area contributed by atoms with Gasteiger partial charge in [0.1, 0.15) is 0 Å². The zero-order chi connectivity index (χ0) is 5.28. The molecule has 1 saturated heterocycles. The van der Waals surface area contributed by atoms with Crippen molar-refractivity contribution in [3.05, 3.63) is 0 Å². The maximum Gasteiger partial charge on any atom is 0.0538 e. The van der Waals surface area contributed by atoms with E-state index in [2.05, 4.69) is 0 Å². The molecule has 42 valence electrons. The fourth-order valence-electron chi connectivity index (χ4n) is 0.356. The second kappa shape index (κ2) is 1.97. The summed E-state index contributed by atoms with van der Waals surface area (Å²) in [5.74, 6) is 0.743.